The lowest BCUT2D eigenvalue weighted by molar-refractivity contribution is -0.122. The second kappa shape index (κ2) is 8.41. The second-order valence-corrected chi connectivity index (χ2v) is 7.82. The Hall–Kier alpha value is -2.98. The molecule has 0 fully saturated rings. The zero-order valence-electron chi connectivity index (χ0n) is 17.4. The summed E-state index contributed by atoms with van der Waals surface area (Å²) in [5, 5.41) is 6.02. The molecule has 4 rings (SSSR count). The summed E-state index contributed by atoms with van der Waals surface area (Å²) < 4.78 is 8.23. The summed E-state index contributed by atoms with van der Waals surface area (Å²) in [6.45, 7) is 6.88. The third kappa shape index (κ3) is 3.75. The van der Waals surface area contributed by atoms with Gasteiger partial charge in [-0.1, -0.05) is 36.7 Å². The highest BCUT2D eigenvalue weighted by atomic mass is 35.5. The van der Waals surface area contributed by atoms with Gasteiger partial charge in [-0.05, 0) is 68.3 Å². The number of benzene rings is 3. The minimum atomic E-state index is -0.585. The predicted octanol–water partition coefficient (Wildman–Crippen LogP) is 6.57. The Morgan fingerprint density at radius 3 is 2.53 bits per heavy atom. The number of rotatable bonds is 6. The van der Waals surface area contributed by atoms with Gasteiger partial charge in [-0.15, -0.1) is 0 Å². The van der Waals surface area contributed by atoms with E-state index in [2.05, 4.69) is 41.1 Å². The van der Waals surface area contributed by atoms with Crippen LogP contribution in [0.2, 0.25) is 5.02 Å². The van der Waals surface area contributed by atoms with Crippen molar-refractivity contribution in [2.24, 2.45) is 0 Å². The fourth-order valence-electron chi connectivity index (χ4n) is 3.87. The Kier molecular flexibility index (Phi) is 5.69. The molecule has 0 saturated carbocycles. The highest BCUT2D eigenvalue weighted by Gasteiger charge is 2.19. The van der Waals surface area contributed by atoms with E-state index in [-0.39, 0.29) is 5.91 Å². The molecule has 3 aromatic carbocycles. The number of halogens is 1. The van der Waals surface area contributed by atoms with Crippen LogP contribution in [-0.4, -0.2) is 16.6 Å². The molecular weight excluding hydrogens is 396 g/mol. The molecule has 1 amide bonds. The molecule has 0 radical (unpaired) electrons. The lowest BCUT2D eigenvalue weighted by Gasteiger charge is -2.18. The van der Waals surface area contributed by atoms with Crippen LogP contribution in [0.3, 0.4) is 0 Å². The van der Waals surface area contributed by atoms with Gasteiger partial charge in [0.1, 0.15) is 5.75 Å². The number of carbonyl (C=O) groups excluding carboxylic acids is 1. The second-order valence-electron chi connectivity index (χ2n) is 7.41. The number of fused-ring (bicyclic) bond motifs is 3. The summed E-state index contributed by atoms with van der Waals surface area (Å²) in [4.78, 5) is 12.9. The molecule has 1 atom stereocenters. The molecule has 0 aliphatic rings. The molecule has 1 N–H and O–H groups in total. The Morgan fingerprint density at radius 1 is 1.03 bits per heavy atom. The fraction of sp³-hybridized carbons (Fsp3) is 0.240. The number of nitrogens with one attached hydrogen (secondary N) is 1. The highest BCUT2D eigenvalue weighted by Crippen LogP contribution is 2.31. The first kappa shape index (κ1) is 20.3. The third-order valence-electron chi connectivity index (χ3n) is 5.43. The molecule has 4 nitrogen and oxygen atoms in total. The number of nitrogens with zero attached hydrogens (tertiary/aromatic N) is 1. The quantitative estimate of drug-likeness (QED) is 0.383. The van der Waals surface area contributed by atoms with Gasteiger partial charge in [-0.25, -0.2) is 0 Å². The minimum absolute atomic E-state index is 0.163. The molecular formula is C25H25ClN2O2. The van der Waals surface area contributed by atoms with E-state index >= 15 is 0 Å². The Bertz CT molecular complexity index is 1230. The van der Waals surface area contributed by atoms with Crippen molar-refractivity contribution in [3.05, 3.63) is 71.2 Å². The number of carbonyl (C=O) groups is 1. The van der Waals surface area contributed by atoms with E-state index in [1.165, 1.54) is 10.9 Å². The highest BCUT2D eigenvalue weighted by molar-refractivity contribution is 6.31. The normalized spacial score (nSPS) is 12.3. The largest absolute Gasteiger partial charge is 0.481 e. The van der Waals surface area contributed by atoms with E-state index in [1.807, 2.05) is 38.1 Å². The van der Waals surface area contributed by atoms with Gasteiger partial charge >= 0.3 is 0 Å². The lowest BCUT2D eigenvalue weighted by atomic mass is 10.1. The number of ether oxygens (including phenoxy) is 1. The van der Waals surface area contributed by atoms with Crippen molar-refractivity contribution >= 4 is 45.0 Å². The first-order chi connectivity index (χ1) is 14.5. The summed E-state index contributed by atoms with van der Waals surface area (Å²) in [5.74, 6) is 0.476. The Morgan fingerprint density at radius 2 is 1.80 bits per heavy atom. The van der Waals surface area contributed by atoms with Crippen LogP contribution in [0.5, 0.6) is 5.75 Å². The van der Waals surface area contributed by atoms with Crippen LogP contribution < -0.4 is 10.1 Å². The van der Waals surface area contributed by atoms with Crippen molar-refractivity contribution in [3.8, 4) is 5.75 Å². The zero-order chi connectivity index (χ0) is 21.3. The first-order valence-corrected chi connectivity index (χ1v) is 10.6. The van der Waals surface area contributed by atoms with Gasteiger partial charge in [0, 0.05) is 39.1 Å². The molecule has 4 aromatic rings. The van der Waals surface area contributed by atoms with Gasteiger partial charge in [0.15, 0.2) is 6.10 Å². The molecule has 5 heteroatoms. The molecule has 0 bridgehead atoms. The van der Waals surface area contributed by atoms with E-state index in [9.17, 15) is 4.79 Å². The summed E-state index contributed by atoms with van der Waals surface area (Å²) >= 11 is 6.09. The summed E-state index contributed by atoms with van der Waals surface area (Å²) in [7, 11) is 0. The van der Waals surface area contributed by atoms with Gasteiger partial charge in [-0.3, -0.25) is 4.79 Å². The number of hydrogen-bond acceptors (Lipinski definition) is 2. The first-order valence-electron chi connectivity index (χ1n) is 10.3. The van der Waals surface area contributed by atoms with Gasteiger partial charge in [0.05, 0.1) is 0 Å². The van der Waals surface area contributed by atoms with Gasteiger partial charge in [0.2, 0.25) is 0 Å². The van der Waals surface area contributed by atoms with E-state index in [0.717, 1.165) is 28.7 Å². The summed E-state index contributed by atoms with van der Waals surface area (Å²) in [6.07, 6.45) is -0.0245. The van der Waals surface area contributed by atoms with Crippen LogP contribution >= 0.6 is 11.6 Å². The lowest BCUT2D eigenvalue weighted by Crippen LogP contribution is -2.32. The smallest absolute Gasteiger partial charge is 0.265 e. The topological polar surface area (TPSA) is 43.3 Å². The van der Waals surface area contributed by atoms with Crippen molar-refractivity contribution in [3.63, 3.8) is 0 Å². The maximum atomic E-state index is 12.9. The molecule has 1 unspecified atom stereocenters. The van der Waals surface area contributed by atoms with E-state index in [4.69, 9.17) is 16.3 Å². The average Bonchev–Trinajstić information content (AvgIpc) is 3.07. The number of anilines is 1. The van der Waals surface area contributed by atoms with E-state index in [1.54, 1.807) is 12.1 Å². The number of hydrogen-bond donors (Lipinski definition) is 1. The number of aromatic nitrogens is 1. The van der Waals surface area contributed by atoms with Gasteiger partial charge in [0.25, 0.3) is 5.91 Å². The zero-order valence-corrected chi connectivity index (χ0v) is 18.2. The molecule has 30 heavy (non-hydrogen) atoms. The molecule has 1 aromatic heterocycles. The standard InChI is InChI=1S/C25H25ClN2O2/c1-4-24(30-18-11-12-21(26)16(3)14-18)25(29)27-17-10-13-23-20(15-17)19-8-6-7-9-22(19)28(23)5-2/h6-15,24H,4-5H2,1-3H3,(H,27,29). The van der Waals surface area contributed by atoms with Crippen LogP contribution in [0.25, 0.3) is 21.8 Å². The minimum Gasteiger partial charge on any atom is -0.481 e. The fourth-order valence-corrected chi connectivity index (χ4v) is 3.99. The molecule has 1 heterocycles. The van der Waals surface area contributed by atoms with Crippen LogP contribution in [-0.2, 0) is 11.3 Å². The maximum Gasteiger partial charge on any atom is 0.265 e. The SMILES string of the molecule is CCC(Oc1ccc(Cl)c(C)c1)C(=O)Nc1ccc2c(c1)c1ccccc1n2CC. The Balaban J connectivity index is 1.60. The van der Waals surface area contributed by atoms with E-state index < -0.39 is 6.10 Å². The summed E-state index contributed by atoms with van der Waals surface area (Å²) in [6, 6.07) is 19.8. The molecule has 0 saturated heterocycles. The molecule has 0 spiro atoms. The van der Waals surface area contributed by atoms with E-state index in [0.29, 0.717) is 17.2 Å². The van der Waals surface area contributed by atoms with Gasteiger partial charge in [-0.2, -0.15) is 0 Å². The maximum absolute atomic E-state index is 12.9. The Labute approximate surface area is 181 Å². The van der Waals surface area contributed by atoms with Crippen molar-refractivity contribution in [1.29, 1.82) is 0 Å². The third-order valence-corrected chi connectivity index (χ3v) is 5.85. The van der Waals surface area contributed by atoms with Crippen molar-refractivity contribution in [1.82, 2.24) is 4.57 Å². The van der Waals surface area contributed by atoms with Crippen LogP contribution in [0.4, 0.5) is 5.69 Å². The van der Waals surface area contributed by atoms with Gasteiger partial charge < -0.3 is 14.6 Å². The van der Waals surface area contributed by atoms with Crippen LogP contribution in [0.1, 0.15) is 25.8 Å². The molecule has 0 aliphatic heterocycles. The number of amides is 1. The summed E-state index contributed by atoms with van der Waals surface area (Å²) in [5.41, 5.74) is 4.05. The van der Waals surface area contributed by atoms with Crippen molar-refractivity contribution < 1.29 is 9.53 Å². The molecule has 0 aliphatic carbocycles. The van der Waals surface area contributed by atoms with Crippen molar-refractivity contribution in [2.45, 2.75) is 39.8 Å². The average molecular weight is 421 g/mol. The number of para-hydroxylation sites is 1. The number of aryl methyl sites for hydroxylation is 2. The predicted molar refractivity (Wildman–Crippen MR) is 125 cm³/mol. The monoisotopic (exact) mass is 420 g/mol. The van der Waals surface area contributed by atoms with Crippen LogP contribution in [0, 0.1) is 6.92 Å². The van der Waals surface area contributed by atoms with Crippen molar-refractivity contribution in [2.75, 3.05) is 5.32 Å². The van der Waals surface area contributed by atoms with Crippen LogP contribution in [0.15, 0.2) is 60.7 Å². The molecule has 154 valence electrons.